The molecule has 26 heavy (non-hydrogen) atoms. The van der Waals surface area contributed by atoms with Crippen LogP contribution >= 0.6 is 0 Å². The van der Waals surface area contributed by atoms with Gasteiger partial charge in [0.25, 0.3) is 0 Å². The number of piperazine rings is 1. The van der Waals surface area contributed by atoms with Crippen molar-refractivity contribution in [3.8, 4) is 0 Å². The number of hydrogen-bond donors (Lipinski definition) is 0. The standard InChI is InChI=1S/C18H26N6O2/c1-14(23-12-16(25)24(13-23)11-15-3-4-15)17(26)21-7-9-22(10-8-21)18-19-5-2-6-20-18/h2,5-6,14-15H,3-4,7-13H2,1H3. The second-order valence-electron chi connectivity index (χ2n) is 7.48. The second-order valence-corrected chi connectivity index (χ2v) is 7.48. The molecule has 2 saturated heterocycles. The van der Waals surface area contributed by atoms with Crippen molar-refractivity contribution < 1.29 is 9.59 Å². The maximum absolute atomic E-state index is 12.9. The minimum atomic E-state index is -0.261. The Hall–Kier alpha value is -2.22. The van der Waals surface area contributed by atoms with E-state index in [0.717, 1.165) is 19.6 Å². The van der Waals surface area contributed by atoms with E-state index in [9.17, 15) is 9.59 Å². The monoisotopic (exact) mass is 358 g/mol. The molecule has 1 saturated carbocycles. The lowest BCUT2D eigenvalue weighted by Gasteiger charge is -2.37. The van der Waals surface area contributed by atoms with Crippen molar-refractivity contribution in [1.82, 2.24) is 24.7 Å². The van der Waals surface area contributed by atoms with E-state index in [1.165, 1.54) is 12.8 Å². The Kier molecular flexibility index (Phi) is 4.76. The van der Waals surface area contributed by atoms with E-state index < -0.39 is 0 Å². The topological polar surface area (TPSA) is 72.9 Å². The van der Waals surface area contributed by atoms with Gasteiger partial charge in [0, 0.05) is 45.1 Å². The molecule has 0 spiro atoms. The molecule has 0 aromatic carbocycles. The molecule has 1 aromatic rings. The SMILES string of the molecule is CC(C(=O)N1CCN(c2ncccn2)CC1)N1CC(=O)N(CC2CC2)C1. The van der Waals surface area contributed by atoms with Gasteiger partial charge in [-0.2, -0.15) is 0 Å². The normalized spacial score (nSPS) is 22.8. The highest BCUT2D eigenvalue weighted by atomic mass is 16.2. The molecule has 2 aliphatic heterocycles. The first-order valence-corrected chi connectivity index (χ1v) is 9.44. The lowest BCUT2D eigenvalue weighted by Crippen LogP contribution is -2.54. The van der Waals surface area contributed by atoms with Crippen molar-refractivity contribution in [2.24, 2.45) is 5.92 Å². The number of rotatable bonds is 5. The molecule has 3 heterocycles. The Morgan fingerprint density at radius 1 is 1.19 bits per heavy atom. The highest BCUT2D eigenvalue weighted by molar-refractivity contribution is 5.85. The van der Waals surface area contributed by atoms with Gasteiger partial charge in [0.05, 0.1) is 19.3 Å². The zero-order valence-corrected chi connectivity index (χ0v) is 15.3. The van der Waals surface area contributed by atoms with Gasteiger partial charge in [0.15, 0.2) is 0 Å². The van der Waals surface area contributed by atoms with E-state index in [1.54, 1.807) is 18.5 Å². The molecule has 1 unspecified atom stereocenters. The van der Waals surface area contributed by atoms with Crippen LogP contribution in [0.3, 0.4) is 0 Å². The summed E-state index contributed by atoms with van der Waals surface area (Å²) in [6, 6.07) is 1.54. The number of hydrogen-bond acceptors (Lipinski definition) is 6. The Morgan fingerprint density at radius 2 is 1.88 bits per heavy atom. The summed E-state index contributed by atoms with van der Waals surface area (Å²) >= 11 is 0. The highest BCUT2D eigenvalue weighted by Crippen LogP contribution is 2.30. The molecule has 4 rings (SSSR count). The van der Waals surface area contributed by atoms with Crippen molar-refractivity contribution in [3.05, 3.63) is 18.5 Å². The number of nitrogens with zero attached hydrogens (tertiary/aromatic N) is 6. The van der Waals surface area contributed by atoms with Crippen LogP contribution in [0.1, 0.15) is 19.8 Å². The minimum absolute atomic E-state index is 0.111. The van der Waals surface area contributed by atoms with Crippen LogP contribution in [0.25, 0.3) is 0 Å². The average molecular weight is 358 g/mol. The molecule has 0 N–H and O–H groups in total. The number of anilines is 1. The largest absolute Gasteiger partial charge is 0.338 e. The molecule has 8 heteroatoms. The van der Waals surface area contributed by atoms with Gasteiger partial charge in [-0.1, -0.05) is 0 Å². The van der Waals surface area contributed by atoms with Crippen LogP contribution in [0.15, 0.2) is 18.5 Å². The Balaban J connectivity index is 1.30. The maximum Gasteiger partial charge on any atom is 0.239 e. The zero-order valence-electron chi connectivity index (χ0n) is 15.3. The van der Waals surface area contributed by atoms with Crippen LogP contribution in [0, 0.1) is 5.92 Å². The molecule has 1 aromatic heterocycles. The van der Waals surface area contributed by atoms with Gasteiger partial charge in [-0.05, 0) is 31.7 Å². The van der Waals surface area contributed by atoms with Crippen molar-refractivity contribution >= 4 is 17.8 Å². The highest BCUT2D eigenvalue weighted by Gasteiger charge is 2.37. The first-order chi connectivity index (χ1) is 12.6. The van der Waals surface area contributed by atoms with Crippen molar-refractivity contribution in [2.45, 2.75) is 25.8 Å². The third-order valence-corrected chi connectivity index (χ3v) is 5.55. The lowest BCUT2D eigenvalue weighted by molar-refractivity contribution is -0.136. The lowest BCUT2D eigenvalue weighted by atomic mass is 10.2. The van der Waals surface area contributed by atoms with Gasteiger partial charge < -0.3 is 14.7 Å². The van der Waals surface area contributed by atoms with Crippen LogP contribution in [0.4, 0.5) is 5.95 Å². The predicted molar refractivity (Wildman–Crippen MR) is 96.3 cm³/mol. The first kappa shape index (κ1) is 17.2. The predicted octanol–water partition coefficient (Wildman–Crippen LogP) is 0.0254. The molecule has 2 amide bonds. The Labute approximate surface area is 153 Å². The molecule has 1 atom stereocenters. The number of carbonyl (C=O) groups excluding carboxylic acids is 2. The summed E-state index contributed by atoms with van der Waals surface area (Å²) in [5, 5.41) is 0. The fraction of sp³-hybridized carbons (Fsp3) is 0.667. The molecule has 0 bridgehead atoms. The molecule has 3 fully saturated rings. The van der Waals surface area contributed by atoms with Crippen LogP contribution < -0.4 is 4.90 Å². The van der Waals surface area contributed by atoms with Gasteiger partial charge in [-0.15, -0.1) is 0 Å². The number of amides is 2. The number of carbonyl (C=O) groups is 2. The summed E-state index contributed by atoms with van der Waals surface area (Å²) in [6.07, 6.45) is 5.93. The first-order valence-electron chi connectivity index (χ1n) is 9.44. The summed E-state index contributed by atoms with van der Waals surface area (Å²) in [7, 11) is 0. The third-order valence-electron chi connectivity index (χ3n) is 5.55. The zero-order chi connectivity index (χ0) is 18.1. The molecule has 140 valence electrons. The van der Waals surface area contributed by atoms with E-state index in [1.807, 2.05) is 21.6 Å². The molecule has 0 radical (unpaired) electrons. The van der Waals surface area contributed by atoms with E-state index >= 15 is 0 Å². The Morgan fingerprint density at radius 3 is 2.54 bits per heavy atom. The Bertz CT molecular complexity index is 657. The molecule has 8 nitrogen and oxygen atoms in total. The van der Waals surface area contributed by atoms with Gasteiger partial charge in [-0.3, -0.25) is 14.5 Å². The van der Waals surface area contributed by atoms with E-state index in [-0.39, 0.29) is 17.9 Å². The van der Waals surface area contributed by atoms with Crippen LogP contribution in [-0.4, -0.2) is 88.5 Å². The van der Waals surface area contributed by atoms with Gasteiger partial charge in [0.1, 0.15) is 0 Å². The smallest absolute Gasteiger partial charge is 0.239 e. The summed E-state index contributed by atoms with van der Waals surface area (Å²) in [4.78, 5) is 41.5. The molecular formula is C18H26N6O2. The van der Waals surface area contributed by atoms with E-state index in [0.29, 0.717) is 38.2 Å². The summed E-state index contributed by atoms with van der Waals surface area (Å²) in [5.74, 6) is 1.66. The summed E-state index contributed by atoms with van der Waals surface area (Å²) in [5.41, 5.74) is 0. The van der Waals surface area contributed by atoms with Gasteiger partial charge in [-0.25, -0.2) is 9.97 Å². The second kappa shape index (κ2) is 7.19. The molecular weight excluding hydrogens is 332 g/mol. The molecule has 3 aliphatic rings. The fourth-order valence-electron chi connectivity index (χ4n) is 3.65. The van der Waals surface area contributed by atoms with Crippen molar-refractivity contribution in [1.29, 1.82) is 0 Å². The average Bonchev–Trinajstić information content (AvgIpc) is 3.43. The van der Waals surface area contributed by atoms with Crippen molar-refractivity contribution in [2.75, 3.05) is 50.8 Å². The van der Waals surface area contributed by atoms with Crippen molar-refractivity contribution in [3.63, 3.8) is 0 Å². The summed E-state index contributed by atoms with van der Waals surface area (Å²) in [6.45, 7) is 6.50. The summed E-state index contributed by atoms with van der Waals surface area (Å²) < 4.78 is 0. The van der Waals surface area contributed by atoms with Gasteiger partial charge in [0.2, 0.25) is 17.8 Å². The quantitative estimate of drug-likeness (QED) is 0.739. The van der Waals surface area contributed by atoms with E-state index in [2.05, 4.69) is 14.9 Å². The van der Waals surface area contributed by atoms with E-state index in [4.69, 9.17) is 0 Å². The van der Waals surface area contributed by atoms with Crippen LogP contribution in [0.5, 0.6) is 0 Å². The van der Waals surface area contributed by atoms with Gasteiger partial charge >= 0.3 is 0 Å². The maximum atomic E-state index is 12.9. The van der Waals surface area contributed by atoms with Crippen LogP contribution in [0.2, 0.25) is 0 Å². The minimum Gasteiger partial charge on any atom is -0.338 e. The molecule has 1 aliphatic carbocycles. The number of aromatic nitrogens is 2. The fourth-order valence-corrected chi connectivity index (χ4v) is 3.65. The van der Waals surface area contributed by atoms with Crippen LogP contribution in [-0.2, 0) is 9.59 Å². The third kappa shape index (κ3) is 3.65.